The van der Waals surface area contributed by atoms with E-state index in [1.54, 1.807) is 0 Å². The standard InChI is InChI=1S/C9H18/c1-3-8(4-2)7-9-5-6-9/h8-9H,3-7H2,1-2H3. The van der Waals surface area contributed by atoms with Gasteiger partial charge in [-0.2, -0.15) is 0 Å². The highest BCUT2D eigenvalue weighted by Crippen LogP contribution is 2.36. The molecule has 9 heavy (non-hydrogen) atoms. The summed E-state index contributed by atoms with van der Waals surface area (Å²) in [6.45, 7) is 4.63. The van der Waals surface area contributed by atoms with Gasteiger partial charge in [-0.25, -0.2) is 0 Å². The Morgan fingerprint density at radius 1 is 1.22 bits per heavy atom. The van der Waals surface area contributed by atoms with E-state index in [9.17, 15) is 0 Å². The fourth-order valence-corrected chi connectivity index (χ4v) is 1.45. The van der Waals surface area contributed by atoms with Crippen LogP contribution in [-0.4, -0.2) is 0 Å². The first kappa shape index (κ1) is 7.11. The van der Waals surface area contributed by atoms with Crippen LogP contribution >= 0.6 is 0 Å². The lowest BCUT2D eigenvalue weighted by atomic mass is 9.97. The molecule has 0 radical (unpaired) electrons. The molecule has 54 valence electrons. The minimum Gasteiger partial charge on any atom is -0.0651 e. The molecule has 0 aromatic heterocycles. The van der Waals surface area contributed by atoms with E-state index in [4.69, 9.17) is 0 Å². The maximum absolute atomic E-state index is 2.32. The molecule has 0 saturated heterocycles. The van der Waals surface area contributed by atoms with E-state index in [0.29, 0.717) is 0 Å². The van der Waals surface area contributed by atoms with Crippen molar-refractivity contribution in [2.75, 3.05) is 0 Å². The molecule has 0 nitrogen and oxygen atoms in total. The Balaban J connectivity index is 2.05. The molecule has 0 amide bonds. The van der Waals surface area contributed by atoms with Crippen molar-refractivity contribution in [3.63, 3.8) is 0 Å². The third-order valence-corrected chi connectivity index (χ3v) is 2.52. The summed E-state index contributed by atoms with van der Waals surface area (Å²) in [6, 6.07) is 0. The Labute approximate surface area is 58.7 Å². The molecule has 1 rings (SSSR count). The van der Waals surface area contributed by atoms with Crippen molar-refractivity contribution in [2.24, 2.45) is 11.8 Å². The Morgan fingerprint density at radius 3 is 2.11 bits per heavy atom. The van der Waals surface area contributed by atoms with E-state index in [2.05, 4.69) is 13.8 Å². The van der Waals surface area contributed by atoms with Crippen molar-refractivity contribution in [1.29, 1.82) is 0 Å². The van der Waals surface area contributed by atoms with Crippen LogP contribution in [0.4, 0.5) is 0 Å². The molecule has 0 unspecified atom stereocenters. The van der Waals surface area contributed by atoms with Crippen LogP contribution in [0.15, 0.2) is 0 Å². The van der Waals surface area contributed by atoms with Gasteiger partial charge in [0.2, 0.25) is 0 Å². The highest BCUT2D eigenvalue weighted by molar-refractivity contribution is 4.75. The first-order valence-electron chi connectivity index (χ1n) is 4.36. The monoisotopic (exact) mass is 126 g/mol. The molecule has 1 saturated carbocycles. The van der Waals surface area contributed by atoms with Crippen molar-refractivity contribution in [1.82, 2.24) is 0 Å². The first-order chi connectivity index (χ1) is 4.36. The topological polar surface area (TPSA) is 0 Å². The third kappa shape index (κ3) is 2.38. The lowest BCUT2D eigenvalue weighted by Crippen LogP contribution is -1.96. The largest absolute Gasteiger partial charge is 0.0651 e. The molecule has 1 aliphatic rings. The van der Waals surface area contributed by atoms with Crippen molar-refractivity contribution in [2.45, 2.75) is 46.0 Å². The molecule has 0 heteroatoms. The molecule has 1 aliphatic carbocycles. The summed E-state index contributed by atoms with van der Waals surface area (Å²) in [5, 5.41) is 0. The lowest BCUT2D eigenvalue weighted by Gasteiger charge is -2.09. The van der Waals surface area contributed by atoms with Gasteiger partial charge in [-0.05, 0) is 18.3 Å². The van der Waals surface area contributed by atoms with Crippen LogP contribution in [0.5, 0.6) is 0 Å². The van der Waals surface area contributed by atoms with Gasteiger partial charge in [-0.3, -0.25) is 0 Å². The Bertz CT molecular complexity index is 68.1. The Hall–Kier alpha value is 0. The molecule has 0 spiro atoms. The van der Waals surface area contributed by atoms with E-state index in [1.165, 1.54) is 32.1 Å². The number of hydrogen-bond acceptors (Lipinski definition) is 0. The fourth-order valence-electron chi connectivity index (χ4n) is 1.45. The molecular formula is C9H18. The Kier molecular flexibility index (Phi) is 2.56. The summed E-state index contributed by atoms with van der Waals surface area (Å²) >= 11 is 0. The summed E-state index contributed by atoms with van der Waals surface area (Å²) < 4.78 is 0. The molecular weight excluding hydrogens is 108 g/mol. The molecule has 0 bridgehead atoms. The summed E-state index contributed by atoms with van der Waals surface area (Å²) in [5.41, 5.74) is 0. The van der Waals surface area contributed by atoms with Crippen molar-refractivity contribution in [3.8, 4) is 0 Å². The molecule has 0 atom stereocenters. The third-order valence-electron chi connectivity index (χ3n) is 2.52. The van der Waals surface area contributed by atoms with Crippen LogP contribution in [-0.2, 0) is 0 Å². The molecule has 1 fully saturated rings. The van der Waals surface area contributed by atoms with E-state index in [0.717, 1.165) is 11.8 Å². The van der Waals surface area contributed by atoms with E-state index in [1.807, 2.05) is 0 Å². The zero-order valence-electron chi connectivity index (χ0n) is 6.69. The summed E-state index contributed by atoms with van der Waals surface area (Å²) in [5.74, 6) is 2.17. The SMILES string of the molecule is CCC(CC)CC1CC1. The minimum absolute atomic E-state index is 1.04. The predicted molar refractivity (Wildman–Crippen MR) is 41.4 cm³/mol. The second kappa shape index (κ2) is 3.24. The van der Waals surface area contributed by atoms with Crippen LogP contribution in [0, 0.1) is 11.8 Å². The van der Waals surface area contributed by atoms with E-state index >= 15 is 0 Å². The maximum Gasteiger partial charge on any atom is -0.0411 e. The fraction of sp³-hybridized carbons (Fsp3) is 1.00. The summed E-state index contributed by atoms with van der Waals surface area (Å²) in [7, 11) is 0. The van der Waals surface area contributed by atoms with Crippen molar-refractivity contribution >= 4 is 0 Å². The van der Waals surface area contributed by atoms with Crippen LogP contribution < -0.4 is 0 Å². The van der Waals surface area contributed by atoms with Gasteiger partial charge in [-0.15, -0.1) is 0 Å². The van der Waals surface area contributed by atoms with Gasteiger partial charge in [0, 0.05) is 0 Å². The second-order valence-corrected chi connectivity index (χ2v) is 3.36. The van der Waals surface area contributed by atoms with Gasteiger partial charge >= 0.3 is 0 Å². The zero-order chi connectivity index (χ0) is 6.69. The highest BCUT2D eigenvalue weighted by Gasteiger charge is 2.23. The van der Waals surface area contributed by atoms with Gasteiger partial charge in [0.15, 0.2) is 0 Å². The second-order valence-electron chi connectivity index (χ2n) is 3.36. The predicted octanol–water partition coefficient (Wildman–Crippen LogP) is 3.22. The highest BCUT2D eigenvalue weighted by atomic mass is 14.3. The number of hydrogen-bond donors (Lipinski definition) is 0. The van der Waals surface area contributed by atoms with Gasteiger partial charge in [-0.1, -0.05) is 39.5 Å². The van der Waals surface area contributed by atoms with Crippen molar-refractivity contribution in [3.05, 3.63) is 0 Å². The van der Waals surface area contributed by atoms with Gasteiger partial charge < -0.3 is 0 Å². The molecule has 0 aliphatic heterocycles. The lowest BCUT2D eigenvalue weighted by molar-refractivity contribution is 0.430. The quantitative estimate of drug-likeness (QED) is 0.542. The molecule has 0 aromatic carbocycles. The average Bonchev–Trinajstić information content (AvgIpc) is 2.66. The molecule has 0 aromatic rings. The van der Waals surface area contributed by atoms with Crippen LogP contribution in [0.2, 0.25) is 0 Å². The molecule has 0 N–H and O–H groups in total. The Morgan fingerprint density at radius 2 is 1.78 bits per heavy atom. The van der Waals surface area contributed by atoms with Gasteiger partial charge in [0.05, 0.1) is 0 Å². The van der Waals surface area contributed by atoms with Gasteiger partial charge in [0.25, 0.3) is 0 Å². The van der Waals surface area contributed by atoms with Crippen LogP contribution in [0.1, 0.15) is 46.0 Å². The number of rotatable bonds is 4. The average molecular weight is 126 g/mol. The first-order valence-corrected chi connectivity index (χ1v) is 4.36. The molecule has 0 heterocycles. The normalized spacial score (nSPS) is 19.0. The van der Waals surface area contributed by atoms with Crippen molar-refractivity contribution < 1.29 is 0 Å². The minimum atomic E-state index is 1.04. The summed E-state index contributed by atoms with van der Waals surface area (Å²) in [4.78, 5) is 0. The van der Waals surface area contributed by atoms with E-state index in [-0.39, 0.29) is 0 Å². The van der Waals surface area contributed by atoms with Crippen LogP contribution in [0.25, 0.3) is 0 Å². The smallest absolute Gasteiger partial charge is 0.0411 e. The summed E-state index contributed by atoms with van der Waals surface area (Å²) in [6.07, 6.45) is 7.36. The zero-order valence-corrected chi connectivity index (χ0v) is 6.69. The van der Waals surface area contributed by atoms with E-state index < -0.39 is 0 Å². The van der Waals surface area contributed by atoms with Gasteiger partial charge in [0.1, 0.15) is 0 Å². The maximum atomic E-state index is 2.32. The van der Waals surface area contributed by atoms with Crippen LogP contribution in [0.3, 0.4) is 0 Å².